The number of para-hydroxylation sites is 1. The molecule has 184 valence electrons. The standard InChI is InChI=1S/C26H33ClN2O4S/c1-4-26(5-2)17-23(20-8-6-7-9-24(20)33-26)28-25(30)21-16-19(10-11-22(21)27)34(31,32)29-14-12-18(3)13-15-29/h6-11,16,18,23H,4-5,12-15,17H2,1-3H3,(H,28,30)/t23-/m1/s1. The number of ether oxygens (including phenoxy) is 1. The van der Waals surface area contributed by atoms with Crippen LogP contribution in [-0.4, -0.2) is 37.3 Å². The lowest BCUT2D eigenvalue weighted by molar-refractivity contribution is 0.0227. The van der Waals surface area contributed by atoms with Crippen LogP contribution in [0.2, 0.25) is 5.02 Å². The normalized spacial score (nSPS) is 20.9. The van der Waals surface area contributed by atoms with Crippen LogP contribution < -0.4 is 10.1 Å². The molecular weight excluding hydrogens is 472 g/mol. The van der Waals surface area contributed by atoms with Gasteiger partial charge in [-0.3, -0.25) is 4.79 Å². The molecule has 0 radical (unpaired) electrons. The van der Waals surface area contributed by atoms with Crippen LogP contribution in [0.15, 0.2) is 47.4 Å². The molecule has 1 N–H and O–H groups in total. The van der Waals surface area contributed by atoms with Gasteiger partial charge in [0.2, 0.25) is 10.0 Å². The molecule has 0 saturated carbocycles. The number of carbonyl (C=O) groups is 1. The van der Waals surface area contributed by atoms with E-state index in [9.17, 15) is 13.2 Å². The van der Waals surface area contributed by atoms with Crippen LogP contribution in [0.1, 0.15) is 74.8 Å². The highest BCUT2D eigenvalue weighted by molar-refractivity contribution is 7.89. The Kier molecular flexibility index (Phi) is 7.27. The first kappa shape index (κ1) is 25.0. The van der Waals surface area contributed by atoms with Crippen molar-refractivity contribution in [2.45, 2.75) is 69.4 Å². The van der Waals surface area contributed by atoms with Gasteiger partial charge in [-0.25, -0.2) is 8.42 Å². The topological polar surface area (TPSA) is 75.7 Å². The van der Waals surface area contributed by atoms with E-state index in [1.165, 1.54) is 22.5 Å². The summed E-state index contributed by atoms with van der Waals surface area (Å²) in [7, 11) is -3.69. The first-order valence-electron chi connectivity index (χ1n) is 12.1. The number of hydrogen-bond acceptors (Lipinski definition) is 4. The third kappa shape index (κ3) is 4.83. The summed E-state index contributed by atoms with van der Waals surface area (Å²) < 4.78 is 34.3. The number of carbonyl (C=O) groups excluding carboxylic acids is 1. The SMILES string of the molecule is CCC1(CC)C[C@@H](NC(=O)c2cc(S(=O)(=O)N3CCC(C)CC3)ccc2Cl)c2ccccc2O1. The van der Waals surface area contributed by atoms with Crippen LogP contribution in [-0.2, 0) is 10.0 Å². The van der Waals surface area contributed by atoms with Crippen molar-refractivity contribution >= 4 is 27.5 Å². The maximum atomic E-state index is 13.4. The monoisotopic (exact) mass is 504 g/mol. The Labute approximate surface area is 207 Å². The highest BCUT2D eigenvalue weighted by Crippen LogP contribution is 2.42. The van der Waals surface area contributed by atoms with Crippen LogP contribution in [0.3, 0.4) is 0 Å². The number of hydrogen-bond donors (Lipinski definition) is 1. The van der Waals surface area contributed by atoms with Crippen molar-refractivity contribution in [1.29, 1.82) is 0 Å². The summed E-state index contributed by atoms with van der Waals surface area (Å²) in [5, 5.41) is 3.33. The number of piperidine rings is 1. The first-order valence-corrected chi connectivity index (χ1v) is 13.9. The molecule has 2 heterocycles. The lowest BCUT2D eigenvalue weighted by atomic mass is 9.83. The van der Waals surface area contributed by atoms with Crippen LogP contribution in [0.5, 0.6) is 5.75 Å². The van der Waals surface area contributed by atoms with Gasteiger partial charge in [-0.05, 0) is 55.9 Å². The van der Waals surface area contributed by atoms with Gasteiger partial charge in [-0.15, -0.1) is 0 Å². The number of fused-ring (bicyclic) bond motifs is 1. The number of sulfonamides is 1. The Morgan fingerprint density at radius 1 is 1.15 bits per heavy atom. The number of rotatable bonds is 6. The molecule has 34 heavy (non-hydrogen) atoms. The lowest BCUT2D eigenvalue weighted by Gasteiger charge is -2.41. The molecule has 0 spiro atoms. The van der Waals surface area contributed by atoms with Crippen LogP contribution in [0.25, 0.3) is 0 Å². The summed E-state index contributed by atoms with van der Waals surface area (Å²) in [6, 6.07) is 11.8. The van der Waals surface area contributed by atoms with Crippen molar-refractivity contribution in [3.8, 4) is 5.75 Å². The largest absolute Gasteiger partial charge is 0.487 e. The fourth-order valence-electron chi connectivity index (χ4n) is 4.88. The minimum atomic E-state index is -3.69. The molecule has 2 aliphatic rings. The molecule has 0 aliphatic carbocycles. The molecule has 0 aromatic heterocycles. The van der Waals surface area contributed by atoms with Crippen LogP contribution >= 0.6 is 11.6 Å². The third-order valence-electron chi connectivity index (χ3n) is 7.35. The smallest absolute Gasteiger partial charge is 0.253 e. The summed E-state index contributed by atoms with van der Waals surface area (Å²) in [5.74, 6) is 0.889. The molecule has 2 aliphatic heterocycles. The predicted molar refractivity (Wildman–Crippen MR) is 134 cm³/mol. The second-order valence-electron chi connectivity index (χ2n) is 9.49. The zero-order valence-electron chi connectivity index (χ0n) is 20.0. The number of nitrogens with one attached hydrogen (secondary N) is 1. The molecule has 1 amide bonds. The quantitative estimate of drug-likeness (QED) is 0.557. The summed E-state index contributed by atoms with van der Waals surface area (Å²) >= 11 is 6.38. The third-order valence-corrected chi connectivity index (χ3v) is 9.58. The molecule has 2 aromatic rings. The number of amides is 1. The Morgan fingerprint density at radius 2 is 1.82 bits per heavy atom. The Morgan fingerprint density at radius 3 is 2.50 bits per heavy atom. The van der Waals surface area contributed by atoms with Crippen molar-refractivity contribution in [2.24, 2.45) is 5.92 Å². The number of nitrogens with zero attached hydrogens (tertiary/aromatic N) is 1. The fourth-order valence-corrected chi connectivity index (χ4v) is 6.58. The second-order valence-corrected chi connectivity index (χ2v) is 11.8. The van der Waals surface area contributed by atoms with Crippen molar-refractivity contribution in [1.82, 2.24) is 9.62 Å². The van der Waals surface area contributed by atoms with Gasteiger partial charge in [0.1, 0.15) is 11.4 Å². The lowest BCUT2D eigenvalue weighted by Crippen LogP contribution is -2.44. The van der Waals surface area contributed by atoms with Crippen molar-refractivity contribution < 1.29 is 17.9 Å². The van der Waals surface area contributed by atoms with Gasteiger partial charge in [0.05, 0.1) is 21.5 Å². The molecule has 0 bridgehead atoms. The molecule has 1 atom stereocenters. The first-order chi connectivity index (χ1) is 16.2. The van der Waals surface area contributed by atoms with Gasteiger partial charge >= 0.3 is 0 Å². The molecule has 2 aromatic carbocycles. The zero-order valence-corrected chi connectivity index (χ0v) is 21.6. The maximum absolute atomic E-state index is 13.4. The van der Waals surface area contributed by atoms with E-state index in [0.29, 0.717) is 25.4 Å². The van der Waals surface area contributed by atoms with Crippen molar-refractivity contribution in [2.75, 3.05) is 13.1 Å². The number of halogens is 1. The van der Waals surface area contributed by atoms with E-state index >= 15 is 0 Å². The summed E-state index contributed by atoms with van der Waals surface area (Å²) in [5.41, 5.74) is 0.707. The predicted octanol–water partition coefficient (Wildman–Crippen LogP) is 5.57. The van der Waals surface area contributed by atoms with E-state index in [-0.39, 0.29) is 27.1 Å². The van der Waals surface area contributed by atoms with E-state index < -0.39 is 15.9 Å². The van der Waals surface area contributed by atoms with Crippen molar-refractivity contribution in [3.63, 3.8) is 0 Å². The Hall–Kier alpha value is -2.09. The highest BCUT2D eigenvalue weighted by atomic mass is 35.5. The second kappa shape index (κ2) is 9.88. The van der Waals surface area contributed by atoms with E-state index in [4.69, 9.17) is 16.3 Å². The fraction of sp³-hybridized carbons (Fsp3) is 0.500. The van der Waals surface area contributed by atoms with Crippen LogP contribution in [0, 0.1) is 5.92 Å². The molecule has 4 rings (SSSR count). The van der Waals surface area contributed by atoms with E-state index in [0.717, 1.165) is 37.0 Å². The highest BCUT2D eigenvalue weighted by Gasteiger charge is 2.39. The summed E-state index contributed by atoms with van der Waals surface area (Å²) in [4.78, 5) is 13.5. The van der Waals surface area contributed by atoms with E-state index in [1.54, 1.807) is 0 Å². The van der Waals surface area contributed by atoms with Gasteiger partial charge in [0, 0.05) is 25.1 Å². The van der Waals surface area contributed by atoms with E-state index in [1.807, 2.05) is 24.3 Å². The van der Waals surface area contributed by atoms with Gasteiger partial charge in [-0.2, -0.15) is 4.31 Å². The van der Waals surface area contributed by atoms with E-state index in [2.05, 4.69) is 26.1 Å². The van der Waals surface area contributed by atoms with Gasteiger partial charge in [-0.1, -0.05) is 50.6 Å². The molecule has 8 heteroatoms. The molecule has 6 nitrogen and oxygen atoms in total. The summed E-state index contributed by atoms with van der Waals surface area (Å²) in [6.07, 6.45) is 3.92. The minimum absolute atomic E-state index is 0.0976. The van der Waals surface area contributed by atoms with Gasteiger partial charge < -0.3 is 10.1 Å². The molecule has 1 fully saturated rings. The Bertz CT molecular complexity index is 1160. The zero-order chi connectivity index (χ0) is 24.5. The maximum Gasteiger partial charge on any atom is 0.253 e. The minimum Gasteiger partial charge on any atom is -0.487 e. The molecular formula is C26H33ClN2O4S. The van der Waals surface area contributed by atoms with Gasteiger partial charge in [0.15, 0.2) is 0 Å². The average Bonchev–Trinajstić information content (AvgIpc) is 2.84. The van der Waals surface area contributed by atoms with Gasteiger partial charge in [0.25, 0.3) is 5.91 Å². The molecule has 0 unspecified atom stereocenters. The number of benzene rings is 2. The van der Waals surface area contributed by atoms with Crippen molar-refractivity contribution in [3.05, 3.63) is 58.6 Å². The Balaban J connectivity index is 1.61. The molecule has 1 saturated heterocycles. The van der Waals surface area contributed by atoms with Crippen LogP contribution in [0.4, 0.5) is 0 Å². The summed E-state index contributed by atoms with van der Waals surface area (Å²) in [6.45, 7) is 7.28. The average molecular weight is 505 g/mol.